The molecule has 1 N–H and O–H groups in total. The van der Waals surface area contributed by atoms with Gasteiger partial charge < -0.3 is 10.2 Å². The molecule has 116 valence electrons. The molecule has 0 amide bonds. The molecule has 0 aliphatic carbocycles. The molecule has 0 heterocycles. The van der Waals surface area contributed by atoms with E-state index in [1.54, 1.807) is 0 Å². The summed E-state index contributed by atoms with van der Waals surface area (Å²) in [6.45, 7) is 0.834. The minimum Gasteiger partial charge on any atom is -0.362 e. The van der Waals surface area contributed by atoms with E-state index < -0.39 is 0 Å². The molecule has 0 radical (unpaired) electrons. The zero-order chi connectivity index (χ0) is 16.1. The molecular weight excluding hydrogens is 300 g/mol. The van der Waals surface area contributed by atoms with E-state index in [1.807, 2.05) is 18.0 Å². The lowest BCUT2D eigenvalue weighted by molar-refractivity contribution is 0.862. The summed E-state index contributed by atoms with van der Waals surface area (Å²) in [6.07, 6.45) is 0.965. The summed E-state index contributed by atoms with van der Waals surface area (Å²) in [5.74, 6) is 0. The minimum absolute atomic E-state index is 0.746. The van der Waals surface area contributed by atoms with Gasteiger partial charge in [0.1, 0.15) is 0 Å². The highest BCUT2D eigenvalue weighted by Crippen LogP contribution is 2.21. The third-order valence-electron chi connectivity index (χ3n) is 3.96. The first kappa shape index (κ1) is 15.5. The smallest absolute Gasteiger partial charge is 0.173 e. The Morgan fingerprint density at radius 2 is 1.61 bits per heavy atom. The monoisotopic (exact) mass is 320 g/mol. The first-order chi connectivity index (χ1) is 11.2. The Hall–Kier alpha value is -2.39. The largest absolute Gasteiger partial charge is 0.362 e. The zero-order valence-electron chi connectivity index (χ0n) is 13.2. The fraction of sp³-hybridized carbons (Fsp3) is 0.150. The predicted molar refractivity (Wildman–Crippen MR) is 103 cm³/mol. The van der Waals surface area contributed by atoms with Gasteiger partial charge >= 0.3 is 0 Å². The van der Waals surface area contributed by atoms with Crippen molar-refractivity contribution in [1.82, 2.24) is 5.32 Å². The summed E-state index contributed by atoms with van der Waals surface area (Å²) in [6, 6.07) is 25.2. The third kappa shape index (κ3) is 3.88. The van der Waals surface area contributed by atoms with Gasteiger partial charge in [0.2, 0.25) is 0 Å². The summed E-state index contributed by atoms with van der Waals surface area (Å²) < 4.78 is 0. The summed E-state index contributed by atoms with van der Waals surface area (Å²) in [4.78, 5) is 2.02. The number of hydrogen-bond acceptors (Lipinski definition) is 1. The van der Waals surface area contributed by atoms with E-state index in [0.717, 1.165) is 23.8 Å². The second-order valence-corrected chi connectivity index (χ2v) is 5.94. The highest BCUT2D eigenvalue weighted by Gasteiger charge is 2.07. The molecule has 0 saturated heterocycles. The van der Waals surface area contributed by atoms with Crippen molar-refractivity contribution in [3.63, 3.8) is 0 Å². The van der Waals surface area contributed by atoms with Crippen LogP contribution in [0.25, 0.3) is 10.8 Å². The second-order valence-electron chi connectivity index (χ2n) is 5.56. The number of nitrogens with one attached hydrogen (secondary N) is 1. The van der Waals surface area contributed by atoms with E-state index in [9.17, 15) is 0 Å². The van der Waals surface area contributed by atoms with E-state index in [0.29, 0.717) is 0 Å². The molecule has 3 heteroatoms. The van der Waals surface area contributed by atoms with Crippen LogP contribution in [0.2, 0.25) is 0 Å². The van der Waals surface area contributed by atoms with Crippen LogP contribution in [0.5, 0.6) is 0 Å². The number of hydrogen-bond donors (Lipinski definition) is 1. The molecule has 0 aromatic heterocycles. The van der Waals surface area contributed by atoms with Gasteiger partial charge in [-0.2, -0.15) is 0 Å². The van der Waals surface area contributed by atoms with Gasteiger partial charge in [0.25, 0.3) is 0 Å². The lowest BCUT2D eigenvalue weighted by atomic mass is 10.1. The van der Waals surface area contributed by atoms with Crippen LogP contribution in [0.15, 0.2) is 72.8 Å². The van der Waals surface area contributed by atoms with Gasteiger partial charge in [-0.3, -0.25) is 0 Å². The maximum Gasteiger partial charge on any atom is 0.173 e. The first-order valence-corrected chi connectivity index (χ1v) is 8.19. The molecule has 0 spiro atoms. The number of thiocarbonyl (C=S) groups is 1. The molecule has 0 saturated carbocycles. The number of rotatable bonds is 4. The van der Waals surface area contributed by atoms with Gasteiger partial charge in [0.05, 0.1) is 0 Å². The average molecular weight is 320 g/mol. The van der Waals surface area contributed by atoms with Crippen molar-refractivity contribution in [3.8, 4) is 0 Å². The van der Waals surface area contributed by atoms with Crippen LogP contribution in [-0.2, 0) is 6.42 Å². The van der Waals surface area contributed by atoms with Gasteiger partial charge in [0.15, 0.2) is 5.11 Å². The molecule has 0 fully saturated rings. The molecule has 0 atom stereocenters. The summed E-state index contributed by atoms with van der Waals surface area (Å²) in [7, 11) is 2.00. The van der Waals surface area contributed by atoms with Crippen LogP contribution in [0.3, 0.4) is 0 Å². The molecular formula is C20H20N2S. The fourth-order valence-electron chi connectivity index (χ4n) is 2.58. The molecule has 2 nitrogen and oxygen atoms in total. The maximum atomic E-state index is 5.51. The molecule has 23 heavy (non-hydrogen) atoms. The van der Waals surface area contributed by atoms with Gasteiger partial charge in [-0.05, 0) is 47.1 Å². The number of benzene rings is 3. The molecule has 0 aliphatic heterocycles. The lowest BCUT2D eigenvalue weighted by Crippen LogP contribution is -2.38. The Morgan fingerprint density at radius 3 is 2.39 bits per heavy atom. The van der Waals surface area contributed by atoms with Crippen LogP contribution in [-0.4, -0.2) is 18.7 Å². The standard InChI is InChI=1S/C20H20N2S/c1-22(19-12-11-17-9-5-6-10-18(17)15-19)20(23)21-14-13-16-7-3-2-4-8-16/h2-12,15H,13-14H2,1H3,(H,21,23). The topological polar surface area (TPSA) is 15.3 Å². The van der Waals surface area contributed by atoms with Crippen molar-refractivity contribution >= 4 is 33.8 Å². The van der Waals surface area contributed by atoms with Crippen LogP contribution in [0.1, 0.15) is 5.56 Å². The number of nitrogens with zero attached hydrogens (tertiary/aromatic N) is 1. The Morgan fingerprint density at radius 1 is 0.913 bits per heavy atom. The van der Waals surface area contributed by atoms with Gasteiger partial charge in [0, 0.05) is 19.3 Å². The van der Waals surface area contributed by atoms with E-state index in [2.05, 4.69) is 72.0 Å². The zero-order valence-corrected chi connectivity index (χ0v) is 14.0. The Balaban J connectivity index is 1.61. The van der Waals surface area contributed by atoms with Gasteiger partial charge in [-0.1, -0.05) is 60.7 Å². The summed E-state index contributed by atoms with van der Waals surface area (Å²) >= 11 is 5.51. The first-order valence-electron chi connectivity index (χ1n) is 7.78. The summed E-state index contributed by atoms with van der Waals surface area (Å²) in [5, 5.41) is 6.55. The lowest BCUT2D eigenvalue weighted by Gasteiger charge is -2.21. The van der Waals surface area contributed by atoms with Crippen molar-refractivity contribution in [3.05, 3.63) is 78.4 Å². The molecule has 0 bridgehead atoms. The number of fused-ring (bicyclic) bond motifs is 1. The Kier molecular flexibility index (Phi) is 4.89. The molecule has 3 aromatic carbocycles. The Labute approximate surface area is 142 Å². The van der Waals surface area contributed by atoms with Crippen LogP contribution < -0.4 is 10.2 Å². The van der Waals surface area contributed by atoms with Crippen LogP contribution in [0, 0.1) is 0 Å². The SMILES string of the molecule is CN(C(=S)NCCc1ccccc1)c1ccc2ccccc2c1. The fourth-order valence-corrected chi connectivity index (χ4v) is 2.79. The second kappa shape index (κ2) is 7.25. The normalized spacial score (nSPS) is 10.5. The van der Waals surface area contributed by atoms with E-state index in [1.165, 1.54) is 16.3 Å². The van der Waals surface area contributed by atoms with E-state index in [-0.39, 0.29) is 0 Å². The maximum absolute atomic E-state index is 5.51. The molecule has 0 aliphatic rings. The average Bonchev–Trinajstić information content (AvgIpc) is 2.61. The quantitative estimate of drug-likeness (QED) is 0.718. The predicted octanol–water partition coefficient (Wildman–Crippen LogP) is 4.39. The third-order valence-corrected chi connectivity index (χ3v) is 4.38. The van der Waals surface area contributed by atoms with Crippen molar-refractivity contribution in [2.45, 2.75) is 6.42 Å². The van der Waals surface area contributed by atoms with Crippen LogP contribution >= 0.6 is 12.2 Å². The van der Waals surface area contributed by atoms with Crippen LogP contribution in [0.4, 0.5) is 5.69 Å². The highest BCUT2D eigenvalue weighted by atomic mass is 32.1. The molecule has 3 rings (SSSR count). The van der Waals surface area contributed by atoms with Crippen molar-refractivity contribution in [2.24, 2.45) is 0 Å². The van der Waals surface area contributed by atoms with Crippen molar-refractivity contribution in [2.75, 3.05) is 18.5 Å². The van der Waals surface area contributed by atoms with Crippen molar-refractivity contribution in [1.29, 1.82) is 0 Å². The van der Waals surface area contributed by atoms with Gasteiger partial charge in [-0.25, -0.2) is 0 Å². The minimum atomic E-state index is 0.746. The van der Waals surface area contributed by atoms with Gasteiger partial charge in [-0.15, -0.1) is 0 Å². The summed E-state index contributed by atoms with van der Waals surface area (Å²) in [5.41, 5.74) is 2.41. The van der Waals surface area contributed by atoms with Crippen molar-refractivity contribution < 1.29 is 0 Å². The van der Waals surface area contributed by atoms with E-state index in [4.69, 9.17) is 12.2 Å². The highest BCUT2D eigenvalue weighted by molar-refractivity contribution is 7.80. The number of anilines is 1. The molecule has 0 unspecified atom stereocenters. The Bertz CT molecular complexity index is 799. The molecule has 3 aromatic rings. The van der Waals surface area contributed by atoms with E-state index >= 15 is 0 Å².